The zero-order chi connectivity index (χ0) is 33.7. The fourth-order valence-electron chi connectivity index (χ4n) is 7.39. The Morgan fingerprint density at radius 3 is 1.45 bits per heavy atom. The maximum absolute atomic E-state index is 6.20. The van der Waals surface area contributed by atoms with Gasteiger partial charge in [-0.15, -0.1) is 0 Å². The van der Waals surface area contributed by atoms with Gasteiger partial charge in [0.2, 0.25) is 0 Å². The summed E-state index contributed by atoms with van der Waals surface area (Å²) in [5, 5.41) is 4.55. The first-order valence-corrected chi connectivity index (χ1v) is 17.2. The molecule has 8 aromatic carbocycles. The largest absolute Gasteiger partial charge is 0.456 e. The van der Waals surface area contributed by atoms with Crippen molar-refractivity contribution in [2.24, 2.45) is 0 Å². The Labute approximate surface area is 295 Å². The highest BCUT2D eigenvalue weighted by molar-refractivity contribution is 6.12. The van der Waals surface area contributed by atoms with E-state index in [4.69, 9.17) is 8.83 Å². The Kier molecular flexibility index (Phi) is 6.81. The van der Waals surface area contributed by atoms with E-state index in [0.717, 1.165) is 83.2 Å². The summed E-state index contributed by atoms with van der Waals surface area (Å²) in [7, 11) is 0. The maximum atomic E-state index is 6.20. The molecule has 0 atom stereocenters. The van der Waals surface area contributed by atoms with E-state index in [2.05, 4.69) is 163 Å². The van der Waals surface area contributed by atoms with E-state index in [9.17, 15) is 0 Å². The third-order valence-corrected chi connectivity index (χ3v) is 9.91. The third-order valence-electron chi connectivity index (χ3n) is 9.91. The highest BCUT2D eigenvalue weighted by Gasteiger charge is 2.16. The van der Waals surface area contributed by atoms with Gasteiger partial charge in [-0.1, -0.05) is 121 Å². The van der Waals surface area contributed by atoms with Crippen molar-refractivity contribution in [2.45, 2.75) is 0 Å². The summed E-state index contributed by atoms with van der Waals surface area (Å²) >= 11 is 0. The van der Waals surface area contributed by atoms with Gasteiger partial charge in [0.1, 0.15) is 22.3 Å². The lowest BCUT2D eigenvalue weighted by atomic mass is 9.99. The molecule has 10 aromatic rings. The quantitative estimate of drug-likeness (QED) is 0.179. The Bertz CT molecular complexity index is 2830. The molecule has 0 amide bonds. The van der Waals surface area contributed by atoms with Crippen molar-refractivity contribution >= 4 is 60.9 Å². The highest BCUT2D eigenvalue weighted by atomic mass is 16.3. The van der Waals surface area contributed by atoms with Crippen molar-refractivity contribution in [2.75, 3.05) is 4.90 Å². The number of fused-ring (bicyclic) bond motifs is 6. The number of hydrogen-bond acceptors (Lipinski definition) is 3. The summed E-state index contributed by atoms with van der Waals surface area (Å²) in [4.78, 5) is 2.32. The Hall–Kier alpha value is -6.84. The standard InChI is InChI=1S/C48H31NO2/c1-2-9-32(10-3-1)33-17-24-37(25-18-33)49(38-26-19-34(20-27-38)36-23-30-42-41-11-4-6-14-44(41)51-47(42)31-36)39-28-21-35(22-29-39)40-13-8-16-46-48(40)43-12-5-7-15-45(43)50-46/h1-31H. The van der Waals surface area contributed by atoms with Crippen LogP contribution in [-0.4, -0.2) is 0 Å². The molecular formula is C48H31NO2. The minimum atomic E-state index is 0.900. The van der Waals surface area contributed by atoms with Crippen molar-refractivity contribution in [1.82, 2.24) is 0 Å². The predicted octanol–water partition coefficient (Wildman–Crippen LogP) is 14.0. The van der Waals surface area contributed by atoms with Crippen molar-refractivity contribution in [3.05, 3.63) is 188 Å². The molecule has 0 bridgehead atoms. The van der Waals surface area contributed by atoms with Crippen molar-refractivity contribution in [1.29, 1.82) is 0 Å². The van der Waals surface area contributed by atoms with E-state index < -0.39 is 0 Å². The van der Waals surface area contributed by atoms with Crippen LogP contribution in [0.4, 0.5) is 17.1 Å². The van der Waals surface area contributed by atoms with Gasteiger partial charge in [0.05, 0.1) is 0 Å². The number of rotatable bonds is 6. The van der Waals surface area contributed by atoms with Crippen LogP contribution in [0.1, 0.15) is 0 Å². The first-order chi connectivity index (χ1) is 25.3. The molecule has 51 heavy (non-hydrogen) atoms. The first kappa shape index (κ1) is 29.1. The van der Waals surface area contributed by atoms with Crippen LogP contribution in [0.2, 0.25) is 0 Å². The van der Waals surface area contributed by atoms with Gasteiger partial charge in [-0.05, 0) is 100 Å². The van der Waals surface area contributed by atoms with Gasteiger partial charge in [-0.25, -0.2) is 0 Å². The van der Waals surface area contributed by atoms with E-state index in [1.807, 2.05) is 30.3 Å². The van der Waals surface area contributed by atoms with Crippen molar-refractivity contribution < 1.29 is 8.83 Å². The number of benzene rings is 8. The molecule has 0 saturated carbocycles. The molecule has 0 spiro atoms. The Morgan fingerprint density at radius 1 is 0.294 bits per heavy atom. The lowest BCUT2D eigenvalue weighted by Crippen LogP contribution is -2.09. The van der Waals surface area contributed by atoms with Crippen LogP contribution in [-0.2, 0) is 0 Å². The number of furan rings is 2. The lowest BCUT2D eigenvalue weighted by molar-refractivity contribution is 0.668. The van der Waals surface area contributed by atoms with E-state index in [1.54, 1.807) is 0 Å². The molecule has 2 aromatic heterocycles. The normalized spacial score (nSPS) is 11.5. The van der Waals surface area contributed by atoms with E-state index in [1.165, 1.54) is 11.1 Å². The van der Waals surface area contributed by atoms with E-state index in [0.29, 0.717) is 0 Å². The van der Waals surface area contributed by atoms with Crippen molar-refractivity contribution in [3.63, 3.8) is 0 Å². The molecule has 0 aliphatic rings. The molecule has 2 heterocycles. The van der Waals surface area contributed by atoms with Gasteiger partial charge in [0.25, 0.3) is 0 Å². The Balaban J connectivity index is 1.04. The van der Waals surface area contributed by atoms with Gasteiger partial charge in [0, 0.05) is 38.6 Å². The molecule has 0 radical (unpaired) electrons. The van der Waals surface area contributed by atoms with Gasteiger partial charge in [-0.2, -0.15) is 0 Å². The summed E-state index contributed by atoms with van der Waals surface area (Å²) in [6, 6.07) is 66.3. The zero-order valence-corrected chi connectivity index (χ0v) is 27.7. The summed E-state index contributed by atoms with van der Waals surface area (Å²) < 4.78 is 12.4. The molecule has 240 valence electrons. The third kappa shape index (κ3) is 5.06. The highest BCUT2D eigenvalue weighted by Crippen LogP contribution is 2.41. The number of anilines is 3. The predicted molar refractivity (Wildman–Crippen MR) is 212 cm³/mol. The molecule has 0 aliphatic carbocycles. The van der Waals surface area contributed by atoms with E-state index in [-0.39, 0.29) is 0 Å². The molecule has 0 saturated heterocycles. The summed E-state index contributed by atoms with van der Waals surface area (Å²) in [6.07, 6.45) is 0. The van der Waals surface area contributed by atoms with Crippen LogP contribution in [0.15, 0.2) is 197 Å². The van der Waals surface area contributed by atoms with Crippen LogP contribution >= 0.6 is 0 Å². The second-order valence-electron chi connectivity index (χ2n) is 12.9. The van der Waals surface area contributed by atoms with Crippen molar-refractivity contribution in [3.8, 4) is 33.4 Å². The zero-order valence-electron chi connectivity index (χ0n) is 27.7. The minimum Gasteiger partial charge on any atom is -0.456 e. The van der Waals surface area contributed by atoms with E-state index >= 15 is 0 Å². The fraction of sp³-hybridized carbons (Fsp3) is 0. The van der Waals surface area contributed by atoms with Crippen LogP contribution in [0, 0.1) is 0 Å². The SMILES string of the molecule is c1ccc(-c2ccc(N(c3ccc(-c4ccc5c(c4)oc4ccccc45)cc3)c3ccc(-c4cccc5oc6ccccc6c45)cc3)cc2)cc1. The molecule has 0 aliphatic heterocycles. The Morgan fingerprint density at radius 2 is 0.765 bits per heavy atom. The molecule has 10 rings (SSSR count). The smallest absolute Gasteiger partial charge is 0.136 e. The second kappa shape index (κ2) is 11.9. The monoisotopic (exact) mass is 653 g/mol. The summed E-state index contributed by atoms with van der Waals surface area (Å²) in [5.74, 6) is 0. The maximum Gasteiger partial charge on any atom is 0.136 e. The fourth-order valence-corrected chi connectivity index (χ4v) is 7.39. The molecule has 0 N–H and O–H groups in total. The number of para-hydroxylation sites is 2. The molecule has 0 fully saturated rings. The lowest BCUT2D eigenvalue weighted by Gasteiger charge is -2.26. The summed E-state index contributed by atoms with van der Waals surface area (Å²) in [6.45, 7) is 0. The van der Waals surface area contributed by atoms with Gasteiger partial charge >= 0.3 is 0 Å². The van der Waals surface area contributed by atoms with Gasteiger partial charge < -0.3 is 13.7 Å². The second-order valence-corrected chi connectivity index (χ2v) is 12.9. The topological polar surface area (TPSA) is 29.5 Å². The minimum absolute atomic E-state index is 0.900. The molecule has 0 unspecified atom stereocenters. The molecule has 3 nitrogen and oxygen atoms in total. The van der Waals surface area contributed by atoms with Gasteiger partial charge in [-0.3, -0.25) is 0 Å². The van der Waals surface area contributed by atoms with Crippen LogP contribution < -0.4 is 4.90 Å². The average molecular weight is 654 g/mol. The first-order valence-electron chi connectivity index (χ1n) is 17.2. The van der Waals surface area contributed by atoms with Crippen LogP contribution in [0.5, 0.6) is 0 Å². The molecular weight excluding hydrogens is 623 g/mol. The van der Waals surface area contributed by atoms with Gasteiger partial charge in [0.15, 0.2) is 0 Å². The molecule has 3 heteroatoms. The summed E-state index contributed by atoms with van der Waals surface area (Å²) in [5.41, 5.74) is 13.8. The average Bonchev–Trinajstić information content (AvgIpc) is 3.77. The van der Waals surface area contributed by atoms with Crippen LogP contribution in [0.3, 0.4) is 0 Å². The van der Waals surface area contributed by atoms with Crippen LogP contribution in [0.25, 0.3) is 77.3 Å². The number of nitrogens with zero attached hydrogens (tertiary/aromatic N) is 1. The number of hydrogen-bond donors (Lipinski definition) is 0.